The standard InChI is InChI=1S/C29H31NO4/c1-18-26(29(33)34-23-10-6-3-7-11-23)27(20-12-14-22(31)15-13-20)28-24(30-18)16-21(17-25(28)32)19-8-4-2-5-9-19/h2,4-5,8-9,12-15,21,23,26-27,31H,3,6-7,10-11,16-17H2,1H3/t21-,26?,27+/m0/s1. The summed E-state index contributed by atoms with van der Waals surface area (Å²) in [7, 11) is 0. The summed E-state index contributed by atoms with van der Waals surface area (Å²) in [6, 6.07) is 16.9. The van der Waals surface area contributed by atoms with E-state index in [2.05, 4.69) is 12.1 Å². The fraction of sp³-hybridized carbons (Fsp3) is 0.414. The Morgan fingerprint density at radius 1 is 0.941 bits per heavy atom. The molecule has 5 rings (SSSR count). The minimum Gasteiger partial charge on any atom is -0.508 e. The van der Waals surface area contributed by atoms with Crippen LogP contribution >= 0.6 is 0 Å². The highest BCUT2D eigenvalue weighted by atomic mass is 16.5. The van der Waals surface area contributed by atoms with Crippen LogP contribution in [0.15, 0.2) is 70.9 Å². The van der Waals surface area contributed by atoms with E-state index >= 15 is 0 Å². The van der Waals surface area contributed by atoms with Crippen molar-refractivity contribution in [2.24, 2.45) is 10.9 Å². The maximum Gasteiger partial charge on any atom is 0.315 e. The zero-order valence-corrected chi connectivity index (χ0v) is 19.6. The molecule has 5 nitrogen and oxygen atoms in total. The number of carbonyl (C=O) groups excluding carboxylic acids is 2. The zero-order chi connectivity index (χ0) is 23.7. The minimum atomic E-state index is -0.637. The lowest BCUT2D eigenvalue weighted by atomic mass is 9.69. The third kappa shape index (κ3) is 4.44. The number of phenolic OH excluding ortho intramolecular Hbond substituents is 1. The molecule has 3 aliphatic rings. The number of nitrogens with zero attached hydrogens (tertiary/aromatic N) is 1. The fourth-order valence-corrected chi connectivity index (χ4v) is 5.79. The van der Waals surface area contributed by atoms with Gasteiger partial charge in [0.2, 0.25) is 0 Å². The molecule has 2 aliphatic carbocycles. The van der Waals surface area contributed by atoms with Crippen molar-refractivity contribution in [3.05, 3.63) is 77.0 Å². The quantitative estimate of drug-likeness (QED) is 0.585. The molecule has 0 amide bonds. The summed E-state index contributed by atoms with van der Waals surface area (Å²) in [6.07, 6.45) is 6.12. The van der Waals surface area contributed by atoms with Gasteiger partial charge in [0.25, 0.3) is 0 Å². The number of ketones is 1. The molecule has 0 radical (unpaired) electrons. The molecule has 34 heavy (non-hydrogen) atoms. The Morgan fingerprint density at radius 3 is 2.35 bits per heavy atom. The van der Waals surface area contributed by atoms with Crippen molar-refractivity contribution >= 4 is 17.5 Å². The number of hydrogen-bond donors (Lipinski definition) is 1. The van der Waals surface area contributed by atoms with E-state index in [9.17, 15) is 14.7 Å². The molecular formula is C29H31NO4. The van der Waals surface area contributed by atoms with Gasteiger partial charge in [-0.25, -0.2) is 0 Å². The first-order chi connectivity index (χ1) is 16.5. The van der Waals surface area contributed by atoms with Crippen LogP contribution in [0.3, 0.4) is 0 Å². The topological polar surface area (TPSA) is 76.0 Å². The van der Waals surface area contributed by atoms with Gasteiger partial charge in [-0.2, -0.15) is 0 Å². The van der Waals surface area contributed by atoms with Crippen LogP contribution in [0.2, 0.25) is 0 Å². The third-order valence-electron chi connectivity index (χ3n) is 7.50. The zero-order valence-electron chi connectivity index (χ0n) is 19.6. The van der Waals surface area contributed by atoms with Crippen LogP contribution in [0.4, 0.5) is 0 Å². The van der Waals surface area contributed by atoms with Gasteiger partial charge < -0.3 is 9.84 Å². The van der Waals surface area contributed by atoms with Gasteiger partial charge in [-0.05, 0) is 68.2 Å². The summed E-state index contributed by atoms with van der Waals surface area (Å²) in [5.74, 6) is -1.11. The number of phenols is 1. The number of esters is 1. The Hall–Kier alpha value is -3.21. The molecule has 176 valence electrons. The lowest BCUT2D eigenvalue weighted by Crippen LogP contribution is -2.39. The van der Waals surface area contributed by atoms with Crippen molar-refractivity contribution in [3.63, 3.8) is 0 Å². The van der Waals surface area contributed by atoms with Crippen molar-refractivity contribution in [1.82, 2.24) is 0 Å². The molecule has 0 aromatic heterocycles. The molecular weight excluding hydrogens is 426 g/mol. The molecule has 3 atom stereocenters. The van der Waals surface area contributed by atoms with E-state index in [0.29, 0.717) is 24.1 Å². The number of hydrogen-bond acceptors (Lipinski definition) is 5. The van der Waals surface area contributed by atoms with Gasteiger partial charge in [-0.3, -0.25) is 14.6 Å². The molecule has 1 unspecified atom stereocenters. The third-order valence-corrected chi connectivity index (χ3v) is 7.50. The van der Waals surface area contributed by atoms with Crippen LogP contribution in [-0.4, -0.2) is 28.7 Å². The molecule has 0 spiro atoms. The van der Waals surface area contributed by atoms with Gasteiger partial charge in [-0.15, -0.1) is 0 Å². The maximum atomic E-state index is 13.6. The van der Waals surface area contributed by atoms with Crippen LogP contribution in [0, 0.1) is 5.92 Å². The van der Waals surface area contributed by atoms with Crippen LogP contribution < -0.4 is 0 Å². The largest absolute Gasteiger partial charge is 0.508 e. The predicted octanol–water partition coefficient (Wildman–Crippen LogP) is 5.84. The summed E-state index contributed by atoms with van der Waals surface area (Å²) in [5.41, 5.74) is 4.07. The van der Waals surface area contributed by atoms with E-state index in [1.54, 1.807) is 24.3 Å². The van der Waals surface area contributed by atoms with Crippen molar-refractivity contribution in [3.8, 4) is 5.75 Å². The Morgan fingerprint density at radius 2 is 1.65 bits per heavy atom. The van der Waals surface area contributed by atoms with E-state index in [1.807, 2.05) is 25.1 Å². The smallest absolute Gasteiger partial charge is 0.315 e. The first kappa shape index (κ1) is 22.6. The second kappa shape index (κ2) is 9.57. The Labute approximate surface area is 200 Å². The van der Waals surface area contributed by atoms with Crippen LogP contribution in [0.1, 0.15) is 74.8 Å². The molecule has 1 saturated carbocycles. The lowest BCUT2D eigenvalue weighted by molar-refractivity contribution is -0.153. The predicted molar refractivity (Wildman–Crippen MR) is 131 cm³/mol. The first-order valence-electron chi connectivity index (χ1n) is 12.4. The lowest BCUT2D eigenvalue weighted by Gasteiger charge is -2.37. The van der Waals surface area contributed by atoms with E-state index in [0.717, 1.165) is 42.5 Å². The van der Waals surface area contributed by atoms with Crippen LogP contribution in [-0.2, 0) is 14.3 Å². The number of rotatable bonds is 4. The maximum absolute atomic E-state index is 13.6. The second-order valence-electron chi connectivity index (χ2n) is 9.80. The first-order valence-corrected chi connectivity index (χ1v) is 12.4. The van der Waals surface area contributed by atoms with Gasteiger partial charge in [0.1, 0.15) is 17.8 Å². The number of allylic oxidation sites excluding steroid dienone is 2. The number of Topliss-reactive ketones (excluding diaryl/α,β-unsaturated/α-hetero) is 1. The second-order valence-corrected chi connectivity index (χ2v) is 9.80. The average Bonchev–Trinajstić information content (AvgIpc) is 2.84. The summed E-state index contributed by atoms with van der Waals surface area (Å²) in [4.78, 5) is 32.0. The monoisotopic (exact) mass is 457 g/mol. The highest BCUT2D eigenvalue weighted by Gasteiger charge is 2.45. The molecule has 0 saturated heterocycles. The molecule has 2 aromatic rings. The summed E-state index contributed by atoms with van der Waals surface area (Å²) in [5, 5.41) is 9.85. The van der Waals surface area contributed by atoms with Gasteiger partial charge >= 0.3 is 5.97 Å². The van der Waals surface area contributed by atoms with Gasteiger partial charge in [-0.1, -0.05) is 48.9 Å². The normalized spacial score (nSPS) is 25.5. The molecule has 1 aliphatic heterocycles. The summed E-state index contributed by atoms with van der Waals surface area (Å²) >= 11 is 0. The Balaban J connectivity index is 1.52. The number of aromatic hydroxyl groups is 1. The van der Waals surface area contributed by atoms with Gasteiger partial charge in [0.05, 0.1) is 0 Å². The highest BCUT2D eigenvalue weighted by molar-refractivity contribution is 6.09. The molecule has 1 N–H and O–H groups in total. The Bertz CT molecular complexity index is 1130. The fourth-order valence-electron chi connectivity index (χ4n) is 5.79. The number of aliphatic imine (C=N–C) groups is 1. The van der Waals surface area contributed by atoms with Gasteiger partial charge in [0, 0.05) is 29.3 Å². The van der Waals surface area contributed by atoms with Crippen LogP contribution in [0.5, 0.6) is 5.75 Å². The minimum absolute atomic E-state index is 0.0416. The van der Waals surface area contributed by atoms with E-state index in [4.69, 9.17) is 9.73 Å². The number of ether oxygens (including phenoxy) is 1. The molecule has 1 heterocycles. The van der Waals surface area contributed by atoms with Crippen LogP contribution in [0.25, 0.3) is 0 Å². The van der Waals surface area contributed by atoms with Crippen molar-refractivity contribution < 1.29 is 19.4 Å². The highest BCUT2D eigenvalue weighted by Crippen LogP contribution is 2.47. The van der Waals surface area contributed by atoms with Crippen molar-refractivity contribution in [1.29, 1.82) is 0 Å². The average molecular weight is 458 g/mol. The van der Waals surface area contributed by atoms with E-state index < -0.39 is 11.8 Å². The SMILES string of the molecule is CC1=NC2=C(C(=O)C[C@@H](c3ccccc3)C2)[C@H](c2ccc(O)cc2)C1C(=O)OC1CCCCC1. The van der Waals surface area contributed by atoms with Gasteiger partial charge in [0.15, 0.2) is 5.78 Å². The summed E-state index contributed by atoms with van der Waals surface area (Å²) in [6.45, 7) is 1.88. The number of carbonyl (C=O) groups is 2. The summed E-state index contributed by atoms with van der Waals surface area (Å²) < 4.78 is 5.98. The van der Waals surface area contributed by atoms with E-state index in [1.165, 1.54) is 6.42 Å². The van der Waals surface area contributed by atoms with E-state index in [-0.39, 0.29) is 29.5 Å². The molecule has 0 bridgehead atoms. The number of benzene rings is 2. The Kier molecular flexibility index (Phi) is 6.36. The van der Waals surface area contributed by atoms with Crippen molar-refractivity contribution in [2.75, 3.05) is 0 Å². The van der Waals surface area contributed by atoms with Crippen molar-refractivity contribution in [2.45, 2.75) is 69.8 Å². The molecule has 1 fully saturated rings. The molecule has 2 aromatic carbocycles. The molecule has 5 heteroatoms.